The van der Waals surface area contributed by atoms with Crippen molar-refractivity contribution >= 4 is 17.1 Å². The van der Waals surface area contributed by atoms with Gasteiger partial charge in [-0.3, -0.25) is 9.69 Å². The molecule has 1 aliphatic rings. The van der Waals surface area contributed by atoms with Crippen LogP contribution in [-0.2, 0) is 6.42 Å². The normalized spacial score (nSPS) is 15.7. The number of rotatable bonds is 5. The number of carbonyl (C=O) groups excluding carboxylic acids is 1. The van der Waals surface area contributed by atoms with E-state index in [1.165, 1.54) is 30.4 Å². The fourth-order valence-electron chi connectivity index (χ4n) is 3.20. The first-order chi connectivity index (χ1) is 11.2. The van der Waals surface area contributed by atoms with Crippen LogP contribution in [0.4, 0.5) is 0 Å². The maximum absolute atomic E-state index is 12.7. The number of hydrogen-bond acceptors (Lipinski definition) is 4. The number of nitrogens with zero attached hydrogens (tertiary/aromatic N) is 2. The molecule has 2 heterocycles. The van der Waals surface area contributed by atoms with Crippen molar-refractivity contribution in [1.82, 2.24) is 9.88 Å². The minimum atomic E-state index is 0.224. The first-order valence-corrected chi connectivity index (χ1v) is 9.32. The van der Waals surface area contributed by atoms with E-state index in [2.05, 4.69) is 35.0 Å². The quantitative estimate of drug-likeness (QED) is 0.765. The zero-order valence-corrected chi connectivity index (χ0v) is 14.8. The van der Waals surface area contributed by atoms with E-state index >= 15 is 0 Å². The topological polar surface area (TPSA) is 33.2 Å². The van der Waals surface area contributed by atoms with Crippen molar-refractivity contribution in [2.24, 2.45) is 0 Å². The smallest absolute Gasteiger partial charge is 0.188 e. The van der Waals surface area contributed by atoms with Crippen LogP contribution in [-0.4, -0.2) is 35.3 Å². The largest absolute Gasteiger partial charge is 0.296 e. The summed E-state index contributed by atoms with van der Waals surface area (Å²) in [4.78, 5) is 20.5. The van der Waals surface area contributed by atoms with Gasteiger partial charge in [0, 0.05) is 5.56 Å². The van der Waals surface area contributed by atoms with Crippen LogP contribution in [0.5, 0.6) is 0 Å². The summed E-state index contributed by atoms with van der Waals surface area (Å²) in [6.07, 6.45) is 4.70. The van der Waals surface area contributed by atoms with Crippen LogP contribution in [0.1, 0.15) is 47.1 Å². The molecule has 3 rings (SSSR count). The molecule has 0 bridgehead atoms. The molecule has 1 aromatic carbocycles. The summed E-state index contributed by atoms with van der Waals surface area (Å²) in [5.74, 6) is 0.224. The standard InChI is InChI=1S/C19H24N2OS/c1-3-15-9-5-6-10-16(15)19-20-14(2)18(23-19)17(22)13-21-11-7-4-8-12-21/h5-6,9-10H,3-4,7-8,11-13H2,1-2H3. The Hall–Kier alpha value is -1.52. The average Bonchev–Trinajstić information content (AvgIpc) is 2.97. The Labute approximate surface area is 142 Å². The Morgan fingerprint density at radius 1 is 1.22 bits per heavy atom. The minimum Gasteiger partial charge on any atom is -0.296 e. The summed E-state index contributed by atoms with van der Waals surface area (Å²) >= 11 is 1.55. The lowest BCUT2D eigenvalue weighted by Gasteiger charge is -2.25. The molecule has 0 unspecified atom stereocenters. The summed E-state index contributed by atoms with van der Waals surface area (Å²) in [5, 5.41) is 0.974. The van der Waals surface area contributed by atoms with Crippen LogP contribution in [0.3, 0.4) is 0 Å². The molecule has 1 saturated heterocycles. The van der Waals surface area contributed by atoms with Gasteiger partial charge in [0.2, 0.25) is 0 Å². The van der Waals surface area contributed by atoms with Gasteiger partial charge >= 0.3 is 0 Å². The number of carbonyl (C=O) groups is 1. The molecule has 0 radical (unpaired) electrons. The molecule has 0 saturated carbocycles. The number of hydrogen-bond donors (Lipinski definition) is 0. The molecule has 0 N–H and O–H groups in total. The lowest BCUT2D eigenvalue weighted by molar-refractivity contribution is 0.0919. The van der Waals surface area contributed by atoms with Gasteiger partial charge in [-0.25, -0.2) is 4.98 Å². The molecule has 3 nitrogen and oxygen atoms in total. The Morgan fingerprint density at radius 3 is 2.70 bits per heavy atom. The van der Waals surface area contributed by atoms with Gasteiger partial charge in [-0.05, 0) is 44.8 Å². The molecule has 0 atom stereocenters. The third-order valence-electron chi connectivity index (χ3n) is 4.49. The minimum absolute atomic E-state index is 0.224. The molecular formula is C19H24N2OS. The van der Waals surface area contributed by atoms with Crippen LogP contribution >= 0.6 is 11.3 Å². The van der Waals surface area contributed by atoms with Crippen molar-refractivity contribution < 1.29 is 4.79 Å². The second-order valence-corrected chi connectivity index (χ2v) is 7.20. The van der Waals surface area contributed by atoms with E-state index < -0.39 is 0 Å². The predicted octanol–water partition coefficient (Wildman–Crippen LogP) is 4.35. The summed E-state index contributed by atoms with van der Waals surface area (Å²) in [6.45, 7) is 6.75. The second kappa shape index (κ2) is 7.37. The lowest BCUT2D eigenvalue weighted by Crippen LogP contribution is -2.34. The van der Waals surface area contributed by atoms with Crippen molar-refractivity contribution in [1.29, 1.82) is 0 Å². The van der Waals surface area contributed by atoms with E-state index in [0.717, 1.165) is 35.1 Å². The van der Waals surface area contributed by atoms with E-state index in [9.17, 15) is 4.79 Å². The van der Waals surface area contributed by atoms with Gasteiger partial charge in [-0.15, -0.1) is 11.3 Å². The highest BCUT2D eigenvalue weighted by atomic mass is 32.1. The van der Waals surface area contributed by atoms with Gasteiger partial charge in [0.15, 0.2) is 5.78 Å². The summed E-state index contributed by atoms with van der Waals surface area (Å²) in [5.41, 5.74) is 3.33. The lowest BCUT2D eigenvalue weighted by atomic mass is 10.1. The molecule has 0 aliphatic carbocycles. The van der Waals surface area contributed by atoms with Crippen molar-refractivity contribution in [3.8, 4) is 10.6 Å². The Balaban J connectivity index is 1.81. The number of piperidine rings is 1. The van der Waals surface area contributed by atoms with Crippen LogP contribution in [0.15, 0.2) is 24.3 Å². The van der Waals surface area contributed by atoms with Gasteiger partial charge in [-0.2, -0.15) is 0 Å². The fraction of sp³-hybridized carbons (Fsp3) is 0.474. The van der Waals surface area contributed by atoms with Crippen molar-refractivity contribution in [3.63, 3.8) is 0 Å². The molecule has 23 heavy (non-hydrogen) atoms. The molecule has 122 valence electrons. The monoisotopic (exact) mass is 328 g/mol. The zero-order valence-electron chi connectivity index (χ0n) is 14.0. The highest BCUT2D eigenvalue weighted by Gasteiger charge is 2.20. The molecule has 1 aliphatic heterocycles. The molecule has 1 fully saturated rings. The van der Waals surface area contributed by atoms with Crippen LogP contribution in [0, 0.1) is 6.92 Å². The zero-order chi connectivity index (χ0) is 16.2. The predicted molar refractivity (Wildman–Crippen MR) is 96.3 cm³/mol. The highest BCUT2D eigenvalue weighted by molar-refractivity contribution is 7.17. The molecule has 0 amide bonds. The Morgan fingerprint density at radius 2 is 1.96 bits per heavy atom. The number of likely N-dealkylation sites (tertiary alicyclic amines) is 1. The first-order valence-electron chi connectivity index (χ1n) is 8.50. The van der Waals surface area contributed by atoms with Crippen molar-refractivity contribution in [2.75, 3.05) is 19.6 Å². The average molecular weight is 328 g/mol. The Kier molecular flexibility index (Phi) is 5.23. The highest BCUT2D eigenvalue weighted by Crippen LogP contribution is 2.31. The fourth-order valence-corrected chi connectivity index (χ4v) is 4.26. The van der Waals surface area contributed by atoms with Gasteiger partial charge < -0.3 is 0 Å². The second-order valence-electron chi connectivity index (χ2n) is 6.20. The van der Waals surface area contributed by atoms with Crippen molar-refractivity contribution in [3.05, 3.63) is 40.4 Å². The summed E-state index contributed by atoms with van der Waals surface area (Å²) in [7, 11) is 0. The maximum Gasteiger partial charge on any atom is 0.188 e. The number of aryl methyl sites for hydroxylation is 2. The van der Waals surface area contributed by atoms with Gasteiger partial charge in [0.25, 0.3) is 0 Å². The third-order valence-corrected chi connectivity index (χ3v) is 5.73. The number of benzene rings is 1. The molecule has 0 spiro atoms. The molecule has 4 heteroatoms. The third kappa shape index (κ3) is 3.70. The molecule has 1 aromatic heterocycles. The maximum atomic E-state index is 12.7. The molecular weight excluding hydrogens is 304 g/mol. The van der Waals surface area contributed by atoms with Gasteiger partial charge in [0.05, 0.1) is 17.1 Å². The van der Waals surface area contributed by atoms with E-state index in [4.69, 9.17) is 0 Å². The van der Waals surface area contributed by atoms with Gasteiger partial charge in [-0.1, -0.05) is 37.6 Å². The van der Waals surface area contributed by atoms with E-state index in [-0.39, 0.29) is 5.78 Å². The summed E-state index contributed by atoms with van der Waals surface area (Å²) in [6, 6.07) is 8.35. The van der Waals surface area contributed by atoms with Gasteiger partial charge in [0.1, 0.15) is 5.01 Å². The number of Topliss-reactive ketones (excluding diaryl/α,β-unsaturated/α-hetero) is 1. The van der Waals surface area contributed by atoms with Crippen LogP contribution in [0.2, 0.25) is 0 Å². The number of aromatic nitrogens is 1. The van der Waals surface area contributed by atoms with Crippen LogP contribution in [0.25, 0.3) is 10.6 Å². The Bertz CT molecular complexity index is 686. The molecule has 2 aromatic rings. The summed E-state index contributed by atoms with van der Waals surface area (Å²) < 4.78 is 0. The SMILES string of the molecule is CCc1ccccc1-c1nc(C)c(C(=O)CN2CCCCC2)s1. The number of thiazole rings is 1. The van der Waals surface area contributed by atoms with Crippen molar-refractivity contribution in [2.45, 2.75) is 39.5 Å². The first kappa shape index (κ1) is 16.3. The van der Waals surface area contributed by atoms with Crippen LogP contribution < -0.4 is 0 Å². The van der Waals surface area contributed by atoms with E-state index in [0.29, 0.717) is 6.54 Å². The van der Waals surface area contributed by atoms with E-state index in [1.807, 2.05) is 13.0 Å². The number of ketones is 1. The van der Waals surface area contributed by atoms with E-state index in [1.54, 1.807) is 11.3 Å².